The maximum Gasteiger partial charge on any atom is 0.269 e. The van der Waals surface area contributed by atoms with Crippen molar-refractivity contribution in [3.8, 4) is 0 Å². The molecule has 3 aromatic rings. The van der Waals surface area contributed by atoms with Crippen molar-refractivity contribution in [3.05, 3.63) is 82.0 Å². The molecule has 0 atom stereocenters. The number of non-ortho nitro benzene ring substituents is 1. The van der Waals surface area contributed by atoms with E-state index in [9.17, 15) is 10.1 Å². The largest absolute Gasteiger partial charge is 0.281 e. The smallest absolute Gasteiger partial charge is 0.269 e. The molecule has 0 fully saturated rings. The molecule has 0 aliphatic carbocycles. The Hall–Kier alpha value is -3.88. The minimum atomic E-state index is -0.461. The molecule has 1 aromatic heterocycles. The summed E-state index contributed by atoms with van der Waals surface area (Å²) in [5.41, 5.74) is 5.10. The van der Waals surface area contributed by atoms with Gasteiger partial charge in [-0.3, -0.25) is 20.6 Å². The molecule has 0 saturated carbocycles. The number of azo groups is 1. The Labute approximate surface area is 148 Å². The van der Waals surface area contributed by atoms with Crippen LogP contribution in [0.2, 0.25) is 0 Å². The highest BCUT2D eigenvalue weighted by Gasteiger charge is 2.08. The Kier molecular flexibility index (Phi) is 5.08. The molecular formula is C17H15N7O2. The summed E-state index contributed by atoms with van der Waals surface area (Å²) < 4.78 is 0. The topological polar surface area (TPSA) is 121 Å². The van der Waals surface area contributed by atoms with Gasteiger partial charge in [0.2, 0.25) is 5.84 Å². The fourth-order valence-electron chi connectivity index (χ4n) is 2.06. The summed E-state index contributed by atoms with van der Waals surface area (Å²) in [6.07, 6.45) is 0. The van der Waals surface area contributed by atoms with Crippen molar-refractivity contribution in [2.45, 2.75) is 6.92 Å². The normalized spacial score (nSPS) is 11.7. The number of anilines is 1. The lowest BCUT2D eigenvalue weighted by atomic mass is 10.2. The molecule has 2 N–H and O–H groups in total. The number of H-pyrrole nitrogens is 1. The highest BCUT2D eigenvalue weighted by molar-refractivity contribution is 5.99. The van der Waals surface area contributed by atoms with Gasteiger partial charge in [-0.2, -0.15) is 10.2 Å². The van der Waals surface area contributed by atoms with Crippen LogP contribution in [-0.4, -0.2) is 21.0 Å². The summed E-state index contributed by atoms with van der Waals surface area (Å²) in [5, 5.41) is 30.0. The number of nitro benzene ring substituents is 1. The number of aromatic nitrogens is 2. The lowest BCUT2D eigenvalue weighted by Crippen LogP contribution is -2.01. The van der Waals surface area contributed by atoms with Gasteiger partial charge in [0.25, 0.3) is 5.69 Å². The third-order valence-electron chi connectivity index (χ3n) is 3.34. The number of nitrogens with zero attached hydrogens (tertiary/aromatic N) is 5. The first-order valence-corrected chi connectivity index (χ1v) is 7.69. The van der Waals surface area contributed by atoms with Crippen LogP contribution in [0.25, 0.3) is 0 Å². The van der Waals surface area contributed by atoms with Gasteiger partial charge in [-0.15, -0.1) is 10.2 Å². The van der Waals surface area contributed by atoms with Gasteiger partial charge in [0.15, 0.2) is 5.82 Å². The molecule has 0 bridgehead atoms. The number of nitrogens with one attached hydrogen (secondary N) is 2. The minimum Gasteiger partial charge on any atom is -0.281 e. The molecule has 0 aliphatic rings. The Bertz CT molecular complexity index is 947. The Morgan fingerprint density at radius 1 is 1.15 bits per heavy atom. The van der Waals surface area contributed by atoms with Gasteiger partial charge >= 0.3 is 0 Å². The molecule has 0 amide bonds. The van der Waals surface area contributed by atoms with Crippen LogP contribution >= 0.6 is 0 Å². The Balaban J connectivity index is 1.89. The SMILES string of the molecule is Cc1cc(N=N/C(=N\Nc2ccccc2)c2ccc([N+](=O)[O-])cc2)n[nH]1. The van der Waals surface area contributed by atoms with E-state index in [-0.39, 0.29) is 11.5 Å². The number of aromatic amines is 1. The molecule has 9 nitrogen and oxygen atoms in total. The molecule has 3 rings (SSSR count). The number of hydrogen-bond donors (Lipinski definition) is 2. The number of nitro groups is 1. The number of hydrazone groups is 1. The number of benzene rings is 2. The second kappa shape index (κ2) is 7.79. The van der Waals surface area contributed by atoms with Crippen LogP contribution in [-0.2, 0) is 0 Å². The molecule has 1 heterocycles. The van der Waals surface area contributed by atoms with Crippen LogP contribution < -0.4 is 5.43 Å². The van der Waals surface area contributed by atoms with Gasteiger partial charge < -0.3 is 0 Å². The van der Waals surface area contributed by atoms with E-state index in [1.165, 1.54) is 12.1 Å². The van der Waals surface area contributed by atoms with Crippen molar-refractivity contribution in [2.24, 2.45) is 15.3 Å². The van der Waals surface area contributed by atoms with E-state index in [1.807, 2.05) is 37.3 Å². The molecule has 0 spiro atoms. The molecular weight excluding hydrogens is 334 g/mol. The molecule has 130 valence electrons. The van der Waals surface area contributed by atoms with E-state index < -0.39 is 4.92 Å². The van der Waals surface area contributed by atoms with Gasteiger partial charge in [-0.05, 0) is 31.2 Å². The highest BCUT2D eigenvalue weighted by Crippen LogP contribution is 2.16. The zero-order chi connectivity index (χ0) is 18.4. The van der Waals surface area contributed by atoms with Crippen molar-refractivity contribution in [3.63, 3.8) is 0 Å². The van der Waals surface area contributed by atoms with Crippen LogP contribution in [0.5, 0.6) is 0 Å². The Morgan fingerprint density at radius 2 is 1.88 bits per heavy atom. The fraction of sp³-hybridized carbons (Fsp3) is 0.0588. The van der Waals surface area contributed by atoms with Crippen molar-refractivity contribution in [1.29, 1.82) is 0 Å². The predicted molar refractivity (Wildman–Crippen MR) is 97.5 cm³/mol. The Morgan fingerprint density at radius 3 is 2.50 bits per heavy atom. The van der Waals surface area contributed by atoms with E-state index in [1.54, 1.807) is 18.2 Å². The first kappa shape index (κ1) is 17.0. The average molecular weight is 349 g/mol. The predicted octanol–water partition coefficient (Wildman–Crippen LogP) is 4.18. The lowest BCUT2D eigenvalue weighted by Gasteiger charge is -2.03. The molecule has 0 radical (unpaired) electrons. The van der Waals surface area contributed by atoms with Crippen LogP contribution in [0.4, 0.5) is 17.2 Å². The van der Waals surface area contributed by atoms with Crippen molar-refractivity contribution in [1.82, 2.24) is 10.2 Å². The maximum atomic E-state index is 10.8. The van der Waals surface area contributed by atoms with E-state index in [4.69, 9.17) is 0 Å². The van der Waals surface area contributed by atoms with E-state index in [0.717, 1.165) is 11.4 Å². The molecule has 0 aliphatic heterocycles. The average Bonchev–Trinajstić information content (AvgIpc) is 3.08. The zero-order valence-electron chi connectivity index (χ0n) is 13.8. The van der Waals surface area contributed by atoms with Gasteiger partial charge in [0, 0.05) is 29.5 Å². The number of rotatable bonds is 5. The first-order chi connectivity index (χ1) is 12.6. The standard InChI is InChI=1S/C17H15N7O2/c1-12-11-16(20-18-12)21-23-17(22-19-14-5-3-2-4-6-14)13-7-9-15(10-8-13)24(25)26/h2-11,19H,1H3,(H,18,20)/b22-17-,23-21?. The number of aryl methyl sites for hydroxylation is 1. The third kappa shape index (κ3) is 4.35. The third-order valence-corrected chi connectivity index (χ3v) is 3.34. The minimum absolute atomic E-state index is 0.0102. The molecule has 2 aromatic carbocycles. The summed E-state index contributed by atoms with van der Waals surface area (Å²) in [7, 11) is 0. The van der Waals surface area contributed by atoms with Gasteiger partial charge in [0.05, 0.1) is 10.6 Å². The van der Waals surface area contributed by atoms with E-state index in [0.29, 0.717) is 11.4 Å². The summed E-state index contributed by atoms with van der Waals surface area (Å²) >= 11 is 0. The fourth-order valence-corrected chi connectivity index (χ4v) is 2.06. The number of amidine groups is 1. The first-order valence-electron chi connectivity index (χ1n) is 7.69. The van der Waals surface area contributed by atoms with Crippen LogP contribution in [0, 0.1) is 17.0 Å². The van der Waals surface area contributed by atoms with Gasteiger partial charge in [-0.1, -0.05) is 18.2 Å². The second-order valence-electron chi connectivity index (χ2n) is 5.33. The maximum absolute atomic E-state index is 10.8. The van der Waals surface area contributed by atoms with E-state index >= 15 is 0 Å². The van der Waals surface area contributed by atoms with Crippen LogP contribution in [0.1, 0.15) is 11.3 Å². The summed E-state index contributed by atoms with van der Waals surface area (Å²) in [5.74, 6) is 0.682. The van der Waals surface area contributed by atoms with Crippen LogP contribution in [0.15, 0.2) is 76.0 Å². The summed E-state index contributed by atoms with van der Waals surface area (Å²) in [4.78, 5) is 10.4. The van der Waals surface area contributed by atoms with Gasteiger partial charge in [0.1, 0.15) is 0 Å². The lowest BCUT2D eigenvalue weighted by molar-refractivity contribution is -0.384. The number of hydrogen-bond acceptors (Lipinski definition) is 6. The van der Waals surface area contributed by atoms with E-state index in [2.05, 4.69) is 31.0 Å². The monoisotopic (exact) mass is 349 g/mol. The van der Waals surface area contributed by atoms with Crippen molar-refractivity contribution in [2.75, 3.05) is 5.43 Å². The summed E-state index contributed by atoms with van der Waals surface area (Å²) in [6, 6.07) is 17.0. The van der Waals surface area contributed by atoms with Crippen molar-refractivity contribution >= 4 is 23.0 Å². The van der Waals surface area contributed by atoms with Crippen molar-refractivity contribution < 1.29 is 4.92 Å². The summed E-state index contributed by atoms with van der Waals surface area (Å²) in [6.45, 7) is 1.86. The second-order valence-corrected chi connectivity index (χ2v) is 5.33. The molecule has 26 heavy (non-hydrogen) atoms. The highest BCUT2D eigenvalue weighted by atomic mass is 16.6. The number of para-hydroxylation sites is 1. The molecule has 0 saturated heterocycles. The zero-order valence-corrected chi connectivity index (χ0v) is 13.8. The van der Waals surface area contributed by atoms with Crippen LogP contribution in [0.3, 0.4) is 0 Å². The molecule has 9 heteroatoms. The van der Waals surface area contributed by atoms with Gasteiger partial charge in [-0.25, -0.2) is 0 Å². The molecule has 0 unspecified atom stereocenters. The quantitative estimate of drug-likeness (QED) is 0.236.